The molecule has 0 fully saturated rings. The smallest absolute Gasteiger partial charge is 0.156 e. The number of nitrogens with zero attached hydrogens (tertiary/aromatic N) is 4. The lowest BCUT2D eigenvalue weighted by Gasteiger charge is -1.69. The zero-order valence-electron chi connectivity index (χ0n) is 8.56. The van der Waals surface area contributed by atoms with Gasteiger partial charge in [-0.05, 0) is 0 Å². The monoisotopic (exact) mass is 222 g/mol. The van der Waals surface area contributed by atoms with E-state index in [9.17, 15) is 0 Å². The van der Waals surface area contributed by atoms with Gasteiger partial charge >= 0.3 is 0 Å². The maximum atomic E-state index is 6.00. The van der Waals surface area contributed by atoms with Crippen molar-refractivity contribution in [1.29, 1.82) is 11.1 Å². The summed E-state index contributed by atoms with van der Waals surface area (Å²) in [7, 11) is 0. The number of hydrogen-bond acceptors (Lipinski definition) is 6. The van der Waals surface area contributed by atoms with E-state index in [1.54, 1.807) is 0 Å². The summed E-state index contributed by atoms with van der Waals surface area (Å²) in [6.45, 7) is 0. The number of hydrazone groups is 2. The van der Waals surface area contributed by atoms with E-state index in [0.29, 0.717) is 0 Å². The Bertz CT molecular complexity index is 251. The molecule has 0 saturated carbocycles. The standard InChI is InChI=1S/C6H6.2CH4N4/c1-2-4-6-5-3-1;2*2-4-1-5-3/h1-6H;2*1-2H,3H2. The van der Waals surface area contributed by atoms with Crippen LogP contribution in [0.5, 0.6) is 0 Å². The Hall–Kier alpha value is -2.64. The van der Waals surface area contributed by atoms with Crippen molar-refractivity contribution >= 4 is 12.7 Å². The number of benzene rings is 1. The highest BCUT2D eigenvalue weighted by molar-refractivity contribution is 5.53. The average molecular weight is 222 g/mol. The molecule has 0 amide bonds. The van der Waals surface area contributed by atoms with Crippen molar-refractivity contribution in [3.63, 3.8) is 0 Å². The molecule has 0 aliphatic heterocycles. The fourth-order valence-corrected chi connectivity index (χ4v) is 0.452. The summed E-state index contributed by atoms with van der Waals surface area (Å²) >= 11 is 0. The van der Waals surface area contributed by atoms with E-state index in [2.05, 4.69) is 32.1 Å². The van der Waals surface area contributed by atoms with Crippen molar-refractivity contribution in [1.82, 2.24) is 0 Å². The molecule has 0 atom stereocenters. The first-order valence-corrected chi connectivity index (χ1v) is 4.00. The van der Waals surface area contributed by atoms with Crippen molar-refractivity contribution in [2.24, 2.45) is 32.1 Å². The molecule has 0 spiro atoms. The summed E-state index contributed by atoms with van der Waals surface area (Å²) in [5.74, 6) is 8.99. The van der Waals surface area contributed by atoms with Gasteiger partial charge < -0.3 is 11.7 Å². The predicted octanol–water partition coefficient (Wildman–Crippen LogP) is 1.53. The molecule has 6 N–H and O–H groups in total. The van der Waals surface area contributed by atoms with Gasteiger partial charge in [0, 0.05) is 0 Å². The molecular weight excluding hydrogens is 208 g/mol. The molecule has 0 unspecified atom stereocenters. The second kappa shape index (κ2) is 18.2. The predicted molar refractivity (Wildman–Crippen MR) is 62.1 cm³/mol. The topological polar surface area (TPSA) is 149 Å². The molecule has 0 radical (unpaired) electrons. The molecule has 1 aromatic carbocycles. The van der Waals surface area contributed by atoms with E-state index in [0.717, 1.165) is 12.7 Å². The molecule has 8 nitrogen and oxygen atoms in total. The molecule has 0 heterocycles. The van der Waals surface area contributed by atoms with Gasteiger partial charge in [-0.15, -0.1) is 10.2 Å². The molecule has 1 aromatic rings. The molecule has 0 saturated heterocycles. The summed E-state index contributed by atoms with van der Waals surface area (Å²) in [6, 6.07) is 12.0. The molecule has 8 heteroatoms. The molecule has 16 heavy (non-hydrogen) atoms. The van der Waals surface area contributed by atoms with Crippen molar-refractivity contribution in [3.05, 3.63) is 36.4 Å². The summed E-state index contributed by atoms with van der Waals surface area (Å²) < 4.78 is 0. The Labute approximate surface area is 93.1 Å². The van der Waals surface area contributed by atoms with Crippen LogP contribution in [0.2, 0.25) is 0 Å². The van der Waals surface area contributed by atoms with Gasteiger partial charge in [0.25, 0.3) is 0 Å². The SMILES string of the molecule is N=NC=NN.N=NC=NN.c1ccccc1. The van der Waals surface area contributed by atoms with Crippen LogP contribution in [0.25, 0.3) is 0 Å². The Morgan fingerprint density at radius 3 is 1.00 bits per heavy atom. The van der Waals surface area contributed by atoms with E-state index < -0.39 is 0 Å². The fraction of sp³-hybridized carbons (Fsp3) is 0. The maximum Gasteiger partial charge on any atom is 0.156 e. The van der Waals surface area contributed by atoms with Gasteiger partial charge in [-0.1, -0.05) is 36.4 Å². The third-order valence-electron chi connectivity index (χ3n) is 0.915. The van der Waals surface area contributed by atoms with Crippen LogP contribution in [0.15, 0.2) is 56.8 Å². The fourth-order valence-electron chi connectivity index (χ4n) is 0.452. The van der Waals surface area contributed by atoms with Gasteiger partial charge in [-0.25, -0.2) is 11.1 Å². The molecule has 0 aliphatic carbocycles. The van der Waals surface area contributed by atoms with Gasteiger partial charge in [0.1, 0.15) is 0 Å². The largest absolute Gasteiger partial charge is 0.322 e. The Kier molecular flexibility index (Phi) is 18.0. The summed E-state index contributed by atoms with van der Waals surface area (Å²) in [5.41, 5.74) is 12.0. The van der Waals surface area contributed by atoms with E-state index in [4.69, 9.17) is 11.1 Å². The first-order valence-electron chi connectivity index (χ1n) is 4.00. The zero-order valence-corrected chi connectivity index (χ0v) is 8.56. The van der Waals surface area contributed by atoms with E-state index >= 15 is 0 Å². The molecule has 1 rings (SSSR count). The van der Waals surface area contributed by atoms with Gasteiger partial charge in [0.2, 0.25) is 0 Å². The van der Waals surface area contributed by atoms with Crippen molar-refractivity contribution in [3.8, 4) is 0 Å². The Balaban J connectivity index is 0. The normalized spacial score (nSPS) is 8.50. The van der Waals surface area contributed by atoms with Crippen LogP contribution in [0.1, 0.15) is 0 Å². The highest BCUT2D eigenvalue weighted by Gasteiger charge is 1.57. The lowest BCUT2D eigenvalue weighted by molar-refractivity contribution is 1.17. The van der Waals surface area contributed by atoms with Crippen LogP contribution < -0.4 is 11.7 Å². The van der Waals surface area contributed by atoms with Gasteiger partial charge in [-0.2, -0.15) is 10.2 Å². The van der Waals surface area contributed by atoms with Gasteiger partial charge in [-0.3, -0.25) is 0 Å². The summed E-state index contributed by atoms with van der Waals surface area (Å²) in [5, 5.41) is 11.1. The minimum atomic E-state index is 0.944. The second-order valence-corrected chi connectivity index (χ2v) is 1.94. The van der Waals surface area contributed by atoms with Gasteiger partial charge in [0.15, 0.2) is 12.7 Å². The summed E-state index contributed by atoms with van der Waals surface area (Å²) in [6.07, 6.45) is 1.89. The number of hydrogen-bond donors (Lipinski definition) is 4. The zero-order chi connectivity index (χ0) is 12.5. The minimum Gasteiger partial charge on any atom is -0.322 e. The van der Waals surface area contributed by atoms with Crippen LogP contribution >= 0.6 is 0 Å². The molecule has 86 valence electrons. The molecule has 0 aliphatic rings. The van der Waals surface area contributed by atoms with Crippen LogP contribution in [-0.4, -0.2) is 12.7 Å². The first kappa shape index (κ1) is 15.8. The Morgan fingerprint density at radius 2 is 0.938 bits per heavy atom. The third-order valence-corrected chi connectivity index (χ3v) is 0.915. The quantitative estimate of drug-likeness (QED) is 0.197. The lowest BCUT2D eigenvalue weighted by atomic mass is 10.4. The maximum absolute atomic E-state index is 6.00. The second-order valence-electron chi connectivity index (χ2n) is 1.94. The van der Waals surface area contributed by atoms with Crippen molar-refractivity contribution in [2.45, 2.75) is 0 Å². The first-order chi connectivity index (χ1) is 7.83. The van der Waals surface area contributed by atoms with Crippen LogP contribution in [0.4, 0.5) is 0 Å². The highest BCUT2D eigenvalue weighted by Crippen LogP contribution is 1.79. The molecule has 0 aromatic heterocycles. The van der Waals surface area contributed by atoms with Gasteiger partial charge in [0.05, 0.1) is 0 Å². The minimum absolute atomic E-state index is 0.944. The molecular formula is C8H14N8. The third kappa shape index (κ3) is 22.5. The number of rotatable bonds is 2. The Morgan fingerprint density at radius 1 is 0.688 bits per heavy atom. The average Bonchev–Trinajstić information content (AvgIpc) is 2.35. The van der Waals surface area contributed by atoms with E-state index in [1.165, 1.54) is 0 Å². The van der Waals surface area contributed by atoms with Crippen molar-refractivity contribution in [2.75, 3.05) is 0 Å². The van der Waals surface area contributed by atoms with Crippen molar-refractivity contribution < 1.29 is 0 Å². The van der Waals surface area contributed by atoms with Crippen LogP contribution in [-0.2, 0) is 0 Å². The summed E-state index contributed by atoms with van der Waals surface area (Å²) in [4.78, 5) is 0. The number of nitrogens with two attached hydrogens (primary N) is 2. The number of nitrogens with one attached hydrogen (secondary N) is 2. The molecule has 0 bridgehead atoms. The highest BCUT2D eigenvalue weighted by atomic mass is 15.2. The van der Waals surface area contributed by atoms with E-state index in [-0.39, 0.29) is 0 Å². The van der Waals surface area contributed by atoms with Crippen LogP contribution in [0.3, 0.4) is 0 Å². The van der Waals surface area contributed by atoms with E-state index in [1.807, 2.05) is 36.4 Å². The lowest BCUT2D eigenvalue weighted by Crippen LogP contribution is -1.75. The van der Waals surface area contributed by atoms with Crippen LogP contribution in [0, 0.1) is 11.1 Å².